The summed E-state index contributed by atoms with van der Waals surface area (Å²) in [6.07, 6.45) is -2.77. The van der Waals surface area contributed by atoms with Crippen molar-refractivity contribution >= 4 is 12.4 Å². The Hall–Kier alpha value is 0.0400. The molecule has 5 heteroatoms. The van der Waals surface area contributed by atoms with Crippen LogP contribution in [0.25, 0.3) is 0 Å². The van der Waals surface area contributed by atoms with Crippen LogP contribution in [0, 0.1) is 0 Å². The Balaban J connectivity index is 0.00000121. The van der Waals surface area contributed by atoms with Crippen molar-refractivity contribution < 1.29 is 17.9 Å². The smallest absolute Gasteiger partial charge is 0.366 e. The highest BCUT2D eigenvalue weighted by Crippen LogP contribution is 2.39. The highest BCUT2D eigenvalue weighted by molar-refractivity contribution is 5.85. The molecule has 0 N–H and O–H groups in total. The normalized spacial score (nSPS) is 31.0. The maximum absolute atomic E-state index is 12.2. The summed E-state index contributed by atoms with van der Waals surface area (Å²) >= 11 is 0. The van der Waals surface area contributed by atoms with Gasteiger partial charge < -0.3 is 4.74 Å². The third-order valence-electron chi connectivity index (χ3n) is 2.07. The lowest BCUT2D eigenvalue weighted by Gasteiger charge is -2.35. The molecule has 74 valence electrons. The molecule has 0 aliphatic carbocycles. The Morgan fingerprint density at radius 2 is 1.83 bits per heavy atom. The largest absolute Gasteiger partial charge is 0.417 e. The van der Waals surface area contributed by atoms with Crippen LogP contribution in [0.4, 0.5) is 13.2 Å². The maximum Gasteiger partial charge on any atom is 0.417 e. The molecule has 1 fully saturated rings. The van der Waals surface area contributed by atoms with Gasteiger partial charge in [0.2, 0.25) is 0 Å². The van der Waals surface area contributed by atoms with E-state index in [1.165, 1.54) is 0 Å². The lowest BCUT2D eigenvalue weighted by Crippen LogP contribution is -2.46. The fourth-order valence-corrected chi connectivity index (χ4v) is 1.16. The van der Waals surface area contributed by atoms with Crippen LogP contribution in [-0.4, -0.2) is 18.4 Å². The van der Waals surface area contributed by atoms with Crippen LogP contribution in [-0.2, 0) is 4.74 Å². The van der Waals surface area contributed by atoms with Crippen LogP contribution in [0.5, 0.6) is 0 Å². The molecule has 0 aromatic carbocycles. The van der Waals surface area contributed by atoms with E-state index in [0.717, 1.165) is 13.3 Å². The van der Waals surface area contributed by atoms with Gasteiger partial charge in [-0.15, -0.1) is 12.4 Å². The number of ether oxygens (including phenoxy) is 1. The van der Waals surface area contributed by atoms with Crippen molar-refractivity contribution in [3.05, 3.63) is 0 Å². The van der Waals surface area contributed by atoms with E-state index in [2.05, 4.69) is 0 Å². The third kappa shape index (κ3) is 2.26. The predicted molar refractivity (Wildman–Crippen MR) is 41.5 cm³/mol. The zero-order valence-corrected chi connectivity index (χ0v) is 7.60. The Labute approximate surface area is 75.7 Å². The van der Waals surface area contributed by atoms with Crippen molar-refractivity contribution in [2.24, 2.45) is 0 Å². The predicted octanol–water partition coefficient (Wildman–Crippen LogP) is 2.93. The molecule has 1 rings (SSSR count). The van der Waals surface area contributed by atoms with Gasteiger partial charge in [-0.25, -0.2) is 0 Å². The first-order valence-electron chi connectivity index (χ1n) is 3.66. The van der Waals surface area contributed by atoms with Crippen molar-refractivity contribution in [3.8, 4) is 0 Å². The summed E-state index contributed by atoms with van der Waals surface area (Å²) in [4.78, 5) is 0. The summed E-state index contributed by atoms with van der Waals surface area (Å²) in [5.74, 6) is 0. The lowest BCUT2D eigenvalue weighted by atomic mass is 9.95. The van der Waals surface area contributed by atoms with Crippen LogP contribution in [0.15, 0.2) is 0 Å². The van der Waals surface area contributed by atoms with Crippen molar-refractivity contribution in [1.29, 1.82) is 0 Å². The monoisotopic (exact) mass is 204 g/mol. The molecule has 0 aromatic rings. The molecule has 1 nitrogen and oxygen atoms in total. The molecule has 1 saturated heterocycles. The van der Waals surface area contributed by atoms with Crippen LogP contribution in [0.3, 0.4) is 0 Å². The van der Waals surface area contributed by atoms with Crippen molar-refractivity contribution in [3.63, 3.8) is 0 Å². The number of hydrogen-bond acceptors (Lipinski definition) is 1. The van der Waals surface area contributed by atoms with E-state index in [-0.39, 0.29) is 25.4 Å². The van der Waals surface area contributed by atoms with E-state index < -0.39 is 11.8 Å². The van der Waals surface area contributed by atoms with E-state index in [1.54, 1.807) is 0 Å². The Morgan fingerprint density at radius 3 is 2.08 bits per heavy atom. The topological polar surface area (TPSA) is 9.23 Å². The average Bonchev–Trinajstić information content (AvgIpc) is 1.87. The van der Waals surface area contributed by atoms with Gasteiger partial charge in [-0.05, 0) is 26.2 Å². The van der Waals surface area contributed by atoms with Gasteiger partial charge in [0.15, 0.2) is 5.60 Å². The molecule has 0 spiro atoms. The zero-order valence-electron chi connectivity index (χ0n) is 6.78. The van der Waals surface area contributed by atoms with Gasteiger partial charge in [0.1, 0.15) is 0 Å². The van der Waals surface area contributed by atoms with Gasteiger partial charge in [-0.3, -0.25) is 0 Å². The average molecular weight is 205 g/mol. The first-order valence-corrected chi connectivity index (χ1v) is 3.66. The molecule has 1 heterocycles. The molecule has 0 saturated carbocycles. The van der Waals surface area contributed by atoms with Gasteiger partial charge in [0.05, 0.1) is 0 Å². The van der Waals surface area contributed by atoms with Gasteiger partial charge in [-0.2, -0.15) is 13.2 Å². The molecular formula is C7H12ClF3O. The maximum atomic E-state index is 12.2. The molecule has 1 aliphatic heterocycles. The minimum Gasteiger partial charge on any atom is -0.366 e. The van der Waals surface area contributed by atoms with Gasteiger partial charge >= 0.3 is 6.18 Å². The fourth-order valence-electron chi connectivity index (χ4n) is 1.16. The second-order valence-electron chi connectivity index (χ2n) is 3.03. The van der Waals surface area contributed by atoms with E-state index in [0.29, 0.717) is 6.42 Å². The lowest BCUT2D eigenvalue weighted by molar-refractivity contribution is -0.281. The summed E-state index contributed by atoms with van der Waals surface area (Å²) in [5.41, 5.74) is -1.88. The van der Waals surface area contributed by atoms with E-state index in [9.17, 15) is 13.2 Å². The Bertz CT molecular complexity index is 140. The van der Waals surface area contributed by atoms with E-state index in [1.807, 2.05) is 0 Å². The summed E-state index contributed by atoms with van der Waals surface area (Å²) in [5, 5.41) is 0. The second kappa shape index (κ2) is 3.83. The summed E-state index contributed by atoms with van der Waals surface area (Å²) < 4.78 is 41.3. The summed E-state index contributed by atoms with van der Waals surface area (Å²) in [7, 11) is 0. The first kappa shape index (κ1) is 12.0. The minimum atomic E-state index is -4.21. The molecule has 12 heavy (non-hydrogen) atoms. The summed E-state index contributed by atoms with van der Waals surface area (Å²) in [6, 6.07) is 0. The van der Waals surface area contributed by atoms with E-state index in [4.69, 9.17) is 4.74 Å². The quantitative estimate of drug-likeness (QED) is 0.590. The Kier molecular flexibility index (Phi) is 3.85. The van der Waals surface area contributed by atoms with Crippen molar-refractivity contribution in [2.45, 2.75) is 38.0 Å². The van der Waals surface area contributed by atoms with Crippen LogP contribution in [0.2, 0.25) is 0 Å². The summed E-state index contributed by atoms with van der Waals surface area (Å²) in [6.45, 7) is 1.35. The molecule has 1 atom stereocenters. The van der Waals surface area contributed by atoms with Crippen LogP contribution in [0.1, 0.15) is 26.2 Å². The number of hydrogen-bond donors (Lipinski definition) is 0. The highest BCUT2D eigenvalue weighted by Gasteiger charge is 2.52. The zero-order chi connectivity index (χ0) is 8.54. The third-order valence-corrected chi connectivity index (χ3v) is 2.07. The molecule has 1 unspecified atom stereocenters. The first-order chi connectivity index (χ1) is 4.96. The van der Waals surface area contributed by atoms with Gasteiger partial charge in [-0.1, -0.05) is 0 Å². The fraction of sp³-hybridized carbons (Fsp3) is 1.00. The van der Waals surface area contributed by atoms with Crippen molar-refractivity contribution in [2.75, 3.05) is 6.61 Å². The molecule has 0 amide bonds. The second-order valence-corrected chi connectivity index (χ2v) is 3.03. The number of halogens is 4. The standard InChI is InChI=1S/C7H11F3O.ClH/c1-6(7(8,9)10)4-2-3-5-11-6;/h2-5H2,1H3;1H. The highest BCUT2D eigenvalue weighted by atomic mass is 35.5. The van der Waals surface area contributed by atoms with Crippen LogP contribution >= 0.6 is 12.4 Å². The van der Waals surface area contributed by atoms with Gasteiger partial charge in [0, 0.05) is 6.61 Å². The van der Waals surface area contributed by atoms with E-state index >= 15 is 0 Å². The SMILES string of the molecule is CC1(C(F)(F)F)CCCCO1.Cl. The minimum absolute atomic E-state index is 0. The van der Waals surface area contributed by atoms with Gasteiger partial charge in [0.25, 0.3) is 0 Å². The number of rotatable bonds is 0. The molecule has 0 radical (unpaired) electrons. The Morgan fingerprint density at radius 1 is 1.25 bits per heavy atom. The number of alkyl halides is 3. The van der Waals surface area contributed by atoms with Crippen molar-refractivity contribution in [1.82, 2.24) is 0 Å². The van der Waals surface area contributed by atoms with Crippen LogP contribution < -0.4 is 0 Å². The molecule has 0 aromatic heterocycles. The molecular weight excluding hydrogens is 193 g/mol. The molecule has 1 aliphatic rings. The molecule has 0 bridgehead atoms.